The maximum Gasteiger partial charge on any atom is 0.185 e. The van der Waals surface area contributed by atoms with E-state index in [4.69, 9.17) is 11.6 Å². The minimum atomic E-state index is -0.552. The minimum Gasteiger partial charge on any atom is -0.289 e. The number of allylic oxidation sites excluding steroid dienone is 1. The van der Waals surface area contributed by atoms with Gasteiger partial charge in [-0.2, -0.15) is 5.10 Å². The van der Waals surface area contributed by atoms with Crippen LogP contribution in [0.15, 0.2) is 61.2 Å². The molecule has 3 aromatic rings. The first-order valence-electron chi connectivity index (χ1n) is 6.76. The zero-order chi connectivity index (χ0) is 16.2. The Morgan fingerprint density at radius 2 is 2.04 bits per heavy atom. The van der Waals surface area contributed by atoms with Crippen molar-refractivity contribution in [1.82, 2.24) is 14.8 Å². The number of rotatable bonds is 4. The molecule has 1 aromatic heterocycles. The fraction of sp³-hybridized carbons (Fsp3) is 0. The lowest BCUT2D eigenvalue weighted by molar-refractivity contribution is 0.104. The molecule has 0 saturated carbocycles. The summed E-state index contributed by atoms with van der Waals surface area (Å²) >= 11 is 5.70. The molecule has 0 unspecified atom stereocenters. The van der Waals surface area contributed by atoms with Gasteiger partial charge in [-0.05, 0) is 36.4 Å². The van der Waals surface area contributed by atoms with Gasteiger partial charge in [-0.3, -0.25) is 4.79 Å². The maximum atomic E-state index is 13.1. The number of carbonyl (C=O) groups is 1. The van der Waals surface area contributed by atoms with Gasteiger partial charge in [0.1, 0.15) is 18.5 Å². The maximum absolute atomic E-state index is 13.1. The van der Waals surface area contributed by atoms with Gasteiger partial charge in [-0.1, -0.05) is 29.8 Å². The SMILES string of the molecule is O=C(/C=C/c1ccccc1-n1cncn1)c1ccc(F)c(Cl)c1. The van der Waals surface area contributed by atoms with E-state index in [0.29, 0.717) is 5.56 Å². The lowest BCUT2D eigenvalue weighted by Gasteiger charge is -2.04. The summed E-state index contributed by atoms with van der Waals surface area (Å²) < 4.78 is 14.8. The summed E-state index contributed by atoms with van der Waals surface area (Å²) in [6.45, 7) is 0. The predicted molar refractivity (Wildman–Crippen MR) is 86.1 cm³/mol. The van der Waals surface area contributed by atoms with Crippen LogP contribution in [-0.2, 0) is 0 Å². The van der Waals surface area contributed by atoms with E-state index in [-0.39, 0.29) is 10.8 Å². The third-order valence-electron chi connectivity index (χ3n) is 3.22. The molecule has 0 atom stereocenters. The number of aromatic nitrogens is 3. The molecule has 0 amide bonds. The van der Waals surface area contributed by atoms with Crippen LogP contribution in [0.2, 0.25) is 5.02 Å². The third kappa shape index (κ3) is 3.35. The second-order valence-electron chi connectivity index (χ2n) is 4.73. The predicted octanol–water partition coefficient (Wildman–Crippen LogP) is 3.96. The summed E-state index contributed by atoms with van der Waals surface area (Å²) in [4.78, 5) is 16.1. The van der Waals surface area contributed by atoms with Gasteiger partial charge in [0.05, 0.1) is 10.7 Å². The van der Waals surface area contributed by atoms with Crippen molar-refractivity contribution in [2.45, 2.75) is 0 Å². The number of halogens is 2. The molecule has 0 saturated heterocycles. The number of hydrogen-bond donors (Lipinski definition) is 0. The largest absolute Gasteiger partial charge is 0.289 e. The highest BCUT2D eigenvalue weighted by atomic mass is 35.5. The van der Waals surface area contributed by atoms with Crippen molar-refractivity contribution in [3.63, 3.8) is 0 Å². The van der Waals surface area contributed by atoms with E-state index >= 15 is 0 Å². The summed E-state index contributed by atoms with van der Waals surface area (Å²) in [5.74, 6) is -0.816. The Morgan fingerprint density at radius 1 is 1.22 bits per heavy atom. The molecule has 3 rings (SSSR count). The quantitative estimate of drug-likeness (QED) is 0.538. The zero-order valence-electron chi connectivity index (χ0n) is 11.9. The first kappa shape index (κ1) is 15.1. The number of hydrogen-bond acceptors (Lipinski definition) is 3. The topological polar surface area (TPSA) is 47.8 Å². The average Bonchev–Trinajstić information content (AvgIpc) is 3.10. The molecule has 0 spiro atoms. The van der Waals surface area contributed by atoms with Crippen molar-refractivity contribution in [2.75, 3.05) is 0 Å². The molecule has 2 aromatic carbocycles. The lowest BCUT2D eigenvalue weighted by Crippen LogP contribution is -1.98. The molecule has 0 radical (unpaired) electrons. The molecule has 1 heterocycles. The minimum absolute atomic E-state index is 0.0766. The monoisotopic (exact) mass is 327 g/mol. The first-order valence-corrected chi connectivity index (χ1v) is 7.14. The molecule has 0 aliphatic rings. The van der Waals surface area contributed by atoms with Crippen LogP contribution < -0.4 is 0 Å². The van der Waals surface area contributed by atoms with E-state index in [1.165, 1.54) is 30.6 Å². The van der Waals surface area contributed by atoms with Crippen LogP contribution in [-0.4, -0.2) is 20.5 Å². The Hall–Kier alpha value is -2.79. The van der Waals surface area contributed by atoms with E-state index in [0.717, 1.165) is 11.3 Å². The molecule has 6 heteroatoms. The van der Waals surface area contributed by atoms with Crippen molar-refractivity contribution in [2.24, 2.45) is 0 Å². The van der Waals surface area contributed by atoms with Gasteiger partial charge >= 0.3 is 0 Å². The van der Waals surface area contributed by atoms with Crippen LogP contribution >= 0.6 is 11.6 Å². The number of para-hydroxylation sites is 1. The highest BCUT2D eigenvalue weighted by Gasteiger charge is 2.07. The highest BCUT2D eigenvalue weighted by Crippen LogP contribution is 2.18. The molecule has 114 valence electrons. The summed E-state index contributed by atoms with van der Waals surface area (Å²) in [5.41, 5.74) is 1.93. The number of benzene rings is 2. The Morgan fingerprint density at radius 3 is 2.78 bits per heavy atom. The van der Waals surface area contributed by atoms with Gasteiger partial charge < -0.3 is 0 Å². The van der Waals surface area contributed by atoms with Crippen molar-refractivity contribution in [3.05, 3.63) is 83.2 Å². The lowest BCUT2D eigenvalue weighted by atomic mass is 10.1. The molecular weight excluding hydrogens is 317 g/mol. The fourth-order valence-electron chi connectivity index (χ4n) is 2.08. The summed E-state index contributed by atoms with van der Waals surface area (Å²) in [5, 5.41) is 4.00. The van der Waals surface area contributed by atoms with Gasteiger partial charge in [0.2, 0.25) is 0 Å². The highest BCUT2D eigenvalue weighted by molar-refractivity contribution is 6.31. The van der Waals surface area contributed by atoms with Crippen molar-refractivity contribution in [1.29, 1.82) is 0 Å². The van der Waals surface area contributed by atoms with Crippen LogP contribution in [0, 0.1) is 5.82 Å². The average molecular weight is 328 g/mol. The number of carbonyl (C=O) groups excluding carboxylic acids is 1. The van der Waals surface area contributed by atoms with Crippen molar-refractivity contribution < 1.29 is 9.18 Å². The molecule has 0 aliphatic heterocycles. The molecule has 0 fully saturated rings. The van der Waals surface area contributed by atoms with E-state index in [1.807, 2.05) is 24.3 Å². The first-order chi connectivity index (χ1) is 11.1. The van der Waals surface area contributed by atoms with Crippen LogP contribution in [0.1, 0.15) is 15.9 Å². The van der Waals surface area contributed by atoms with Crippen LogP contribution in [0.4, 0.5) is 4.39 Å². The normalized spacial score (nSPS) is 11.0. The van der Waals surface area contributed by atoms with Crippen LogP contribution in [0.25, 0.3) is 11.8 Å². The Kier molecular flexibility index (Phi) is 4.30. The third-order valence-corrected chi connectivity index (χ3v) is 3.51. The molecule has 4 nitrogen and oxygen atoms in total. The fourth-order valence-corrected chi connectivity index (χ4v) is 2.26. The van der Waals surface area contributed by atoms with Crippen LogP contribution in [0.5, 0.6) is 0 Å². The second kappa shape index (κ2) is 6.54. The van der Waals surface area contributed by atoms with Gasteiger partial charge in [-0.25, -0.2) is 14.1 Å². The van der Waals surface area contributed by atoms with E-state index in [9.17, 15) is 9.18 Å². The molecule has 0 aliphatic carbocycles. The Bertz CT molecular complexity index is 875. The van der Waals surface area contributed by atoms with Gasteiger partial charge in [-0.15, -0.1) is 0 Å². The molecule has 23 heavy (non-hydrogen) atoms. The van der Waals surface area contributed by atoms with E-state index in [1.54, 1.807) is 17.1 Å². The molecular formula is C17H11ClFN3O. The van der Waals surface area contributed by atoms with Gasteiger partial charge in [0, 0.05) is 11.1 Å². The van der Waals surface area contributed by atoms with E-state index < -0.39 is 5.82 Å². The Labute approximate surface area is 136 Å². The second-order valence-corrected chi connectivity index (χ2v) is 5.13. The van der Waals surface area contributed by atoms with Gasteiger partial charge in [0.25, 0.3) is 0 Å². The summed E-state index contributed by atoms with van der Waals surface area (Å²) in [6, 6.07) is 11.3. The van der Waals surface area contributed by atoms with Crippen molar-refractivity contribution in [3.8, 4) is 5.69 Å². The number of ketones is 1. The number of nitrogens with zero attached hydrogens (tertiary/aromatic N) is 3. The van der Waals surface area contributed by atoms with E-state index in [2.05, 4.69) is 10.1 Å². The van der Waals surface area contributed by atoms with Crippen LogP contribution in [0.3, 0.4) is 0 Å². The smallest absolute Gasteiger partial charge is 0.185 e. The standard InChI is InChI=1S/C17H11ClFN3O/c18-14-9-13(5-7-15(14)19)17(23)8-6-12-3-1-2-4-16(12)22-11-20-10-21-22/h1-11H/b8-6+. The summed E-state index contributed by atoms with van der Waals surface area (Å²) in [6.07, 6.45) is 6.11. The van der Waals surface area contributed by atoms with Gasteiger partial charge in [0.15, 0.2) is 5.78 Å². The Balaban J connectivity index is 1.88. The summed E-state index contributed by atoms with van der Waals surface area (Å²) in [7, 11) is 0. The molecule has 0 bridgehead atoms. The zero-order valence-corrected chi connectivity index (χ0v) is 12.6. The molecule has 0 N–H and O–H groups in total. The van der Waals surface area contributed by atoms with Crippen molar-refractivity contribution >= 4 is 23.5 Å².